The van der Waals surface area contributed by atoms with Crippen molar-refractivity contribution >= 4 is 15.9 Å². The van der Waals surface area contributed by atoms with Crippen molar-refractivity contribution in [3.05, 3.63) is 28.2 Å². The maximum Gasteiger partial charge on any atom is 0.133 e. The lowest BCUT2D eigenvalue weighted by atomic mass is 10.1. The third-order valence-electron chi connectivity index (χ3n) is 3.85. The Morgan fingerprint density at radius 3 is 2.63 bits per heavy atom. The second kappa shape index (κ2) is 6.73. The topological polar surface area (TPSA) is 24.5 Å². The predicted molar refractivity (Wildman–Crippen MR) is 82.8 cm³/mol. The van der Waals surface area contributed by atoms with Gasteiger partial charge in [-0.1, -0.05) is 6.07 Å². The molecule has 106 valence electrons. The van der Waals surface area contributed by atoms with Crippen LogP contribution in [0.2, 0.25) is 0 Å². The first-order valence-corrected chi connectivity index (χ1v) is 7.71. The van der Waals surface area contributed by atoms with Gasteiger partial charge >= 0.3 is 0 Å². The van der Waals surface area contributed by atoms with Crippen molar-refractivity contribution in [3.8, 4) is 5.75 Å². The molecule has 19 heavy (non-hydrogen) atoms. The largest absolute Gasteiger partial charge is 0.489 e. The van der Waals surface area contributed by atoms with Crippen molar-refractivity contribution in [2.24, 2.45) is 0 Å². The SMILES string of the molecule is CNC(C)c1ccc(OC2CCN(C)CC2)c(Br)c1. The first-order chi connectivity index (χ1) is 9.10. The number of hydrogen-bond acceptors (Lipinski definition) is 3. The summed E-state index contributed by atoms with van der Waals surface area (Å²) in [6.45, 7) is 4.40. The molecule has 3 nitrogen and oxygen atoms in total. The van der Waals surface area contributed by atoms with Crippen LogP contribution in [0.4, 0.5) is 0 Å². The average Bonchev–Trinajstić information content (AvgIpc) is 2.42. The van der Waals surface area contributed by atoms with Gasteiger partial charge in [-0.15, -0.1) is 0 Å². The standard InChI is InChI=1S/C15H23BrN2O/c1-11(17-2)12-4-5-15(14(16)10-12)19-13-6-8-18(3)9-7-13/h4-5,10-11,13,17H,6-9H2,1-3H3. The van der Waals surface area contributed by atoms with Crippen molar-refractivity contribution in [1.29, 1.82) is 0 Å². The Morgan fingerprint density at radius 1 is 1.37 bits per heavy atom. The predicted octanol–water partition coefficient (Wildman–Crippen LogP) is 3.20. The van der Waals surface area contributed by atoms with Gasteiger partial charge in [0.15, 0.2) is 0 Å². The number of nitrogens with zero attached hydrogens (tertiary/aromatic N) is 1. The summed E-state index contributed by atoms with van der Waals surface area (Å²) in [5.74, 6) is 0.960. The number of nitrogens with one attached hydrogen (secondary N) is 1. The average molecular weight is 327 g/mol. The van der Waals surface area contributed by atoms with E-state index in [4.69, 9.17) is 4.74 Å². The van der Waals surface area contributed by atoms with E-state index in [9.17, 15) is 0 Å². The number of hydrogen-bond donors (Lipinski definition) is 1. The Morgan fingerprint density at radius 2 is 2.05 bits per heavy atom. The van der Waals surface area contributed by atoms with Crippen LogP contribution in [-0.2, 0) is 0 Å². The first kappa shape index (κ1) is 14.8. The molecule has 1 aromatic carbocycles. The van der Waals surface area contributed by atoms with E-state index in [0.29, 0.717) is 12.1 Å². The summed E-state index contributed by atoms with van der Waals surface area (Å²) in [6, 6.07) is 6.71. The van der Waals surface area contributed by atoms with Crippen LogP contribution in [0.25, 0.3) is 0 Å². The van der Waals surface area contributed by atoms with E-state index >= 15 is 0 Å². The van der Waals surface area contributed by atoms with E-state index in [1.165, 1.54) is 5.56 Å². The Kier molecular flexibility index (Phi) is 5.25. The van der Waals surface area contributed by atoms with Crippen LogP contribution in [0, 0.1) is 0 Å². The molecule has 2 rings (SSSR count). The number of halogens is 1. The number of likely N-dealkylation sites (tertiary alicyclic amines) is 1. The molecule has 0 saturated carbocycles. The van der Waals surface area contributed by atoms with Crippen molar-refractivity contribution in [1.82, 2.24) is 10.2 Å². The lowest BCUT2D eigenvalue weighted by molar-refractivity contribution is 0.113. The van der Waals surface area contributed by atoms with Crippen LogP contribution in [0.15, 0.2) is 22.7 Å². The van der Waals surface area contributed by atoms with Gasteiger partial charge in [0, 0.05) is 19.1 Å². The second-order valence-corrected chi connectivity index (χ2v) is 6.18. The highest BCUT2D eigenvalue weighted by molar-refractivity contribution is 9.10. The smallest absolute Gasteiger partial charge is 0.133 e. The molecule has 0 radical (unpaired) electrons. The molecule has 0 aliphatic carbocycles. The summed E-state index contributed by atoms with van der Waals surface area (Å²) < 4.78 is 7.16. The van der Waals surface area contributed by atoms with E-state index in [1.807, 2.05) is 7.05 Å². The molecule has 1 aliphatic rings. The minimum atomic E-state index is 0.347. The third-order valence-corrected chi connectivity index (χ3v) is 4.47. The minimum absolute atomic E-state index is 0.347. The maximum absolute atomic E-state index is 6.11. The molecule has 4 heteroatoms. The Hall–Kier alpha value is -0.580. The fourth-order valence-corrected chi connectivity index (χ4v) is 2.82. The van der Waals surface area contributed by atoms with Crippen LogP contribution in [0.3, 0.4) is 0 Å². The maximum atomic E-state index is 6.11. The number of rotatable bonds is 4. The molecule has 0 bridgehead atoms. The summed E-state index contributed by atoms with van der Waals surface area (Å²) in [6.07, 6.45) is 2.56. The van der Waals surface area contributed by atoms with Crippen molar-refractivity contribution in [2.75, 3.05) is 27.2 Å². The summed E-state index contributed by atoms with van der Waals surface area (Å²) in [4.78, 5) is 2.35. The van der Waals surface area contributed by atoms with E-state index in [2.05, 4.69) is 58.3 Å². The monoisotopic (exact) mass is 326 g/mol. The van der Waals surface area contributed by atoms with Crippen LogP contribution in [0.5, 0.6) is 5.75 Å². The zero-order chi connectivity index (χ0) is 13.8. The molecule has 1 fully saturated rings. The summed E-state index contributed by atoms with van der Waals surface area (Å²) in [5, 5.41) is 3.25. The van der Waals surface area contributed by atoms with Gasteiger partial charge in [-0.05, 0) is 67.5 Å². The van der Waals surface area contributed by atoms with Gasteiger partial charge in [-0.3, -0.25) is 0 Å². The molecule has 1 atom stereocenters. The molecule has 1 saturated heterocycles. The normalized spacial score (nSPS) is 19.4. The molecular weight excluding hydrogens is 304 g/mol. The summed E-state index contributed by atoms with van der Waals surface area (Å²) >= 11 is 3.62. The van der Waals surface area contributed by atoms with E-state index < -0.39 is 0 Å². The fraction of sp³-hybridized carbons (Fsp3) is 0.600. The van der Waals surface area contributed by atoms with Gasteiger partial charge in [-0.2, -0.15) is 0 Å². The molecule has 0 aromatic heterocycles. The van der Waals surface area contributed by atoms with Gasteiger partial charge in [0.05, 0.1) is 4.47 Å². The van der Waals surface area contributed by atoms with Crippen molar-refractivity contribution < 1.29 is 4.74 Å². The van der Waals surface area contributed by atoms with Crippen LogP contribution >= 0.6 is 15.9 Å². The first-order valence-electron chi connectivity index (χ1n) is 6.92. The third kappa shape index (κ3) is 3.94. The molecule has 1 unspecified atom stereocenters. The molecule has 1 heterocycles. The van der Waals surface area contributed by atoms with E-state index in [-0.39, 0.29) is 0 Å². The highest BCUT2D eigenvalue weighted by Gasteiger charge is 2.19. The lowest BCUT2D eigenvalue weighted by Crippen LogP contribution is -2.35. The molecule has 1 N–H and O–H groups in total. The number of benzene rings is 1. The highest BCUT2D eigenvalue weighted by atomic mass is 79.9. The molecule has 0 spiro atoms. The van der Waals surface area contributed by atoms with E-state index in [0.717, 1.165) is 36.2 Å². The van der Waals surface area contributed by atoms with Gasteiger partial charge < -0.3 is 15.0 Å². The van der Waals surface area contributed by atoms with Gasteiger partial charge in [-0.25, -0.2) is 0 Å². The zero-order valence-corrected chi connectivity index (χ0v) is 13.5. The van der Waals surface area contributed by atoms with Gasteiger partial charge in [0.1, 0.15) is 11.9 Å². The second-order valence-electron chi connectivity index (χ2n) is 5.32. The van der Waals surface area contributed by atoms with Crippen molar-refractivity contribution in [3.63, 3.8) is 0 Å². The van der Waals surface area contributed by atoms with Crippen LogP contribution in [0.1, 0.15) is 31.4 Å². The Bertz CT molecular complexity index is 417. The summed E-state index contributed by atoms with van der Waals surface area (Å²) in [7, 11) is 4.14. The Balaban J connectivity index is 2.01. The zero-order valence-electron chi connectivity index (χ0n) is 11.9. The Labute approximate surface area is 124 Å². The van der Waals surface area contributed by atoms with E-state index in [1.54, 1.807) is 0 Å². The molecule has 0 amide bonds. The fourth-order valence-electron chi connectivity index (χ4n) is 2.33. The minimum Gasteiger partial charge on any atom is -0.489 e. The molecular formula is C15H23BrN2O. The quantitative estimate of drug-likeness (QED) is 0.919. The molecule has 1 aromatic rings. The molecule has 1 aliphatic heterocycles. The van der Waals surface area contributed by atoms with Crippen LogP contribution in [-0.4, -0.2) is 38.2 Å². The van der Waals surface area contributed by atoms with Gasteiger partial charge in [0.25, 0.3) is 0 Å². The lowest BCUT2D eigenvalue weighted by Gasteiger charge is -2.29. The van der Waals surface area contributed by atoms with Crippen LogP contribution < -0.4 is 10.1 Å². The summed E-state index contributed by atoms with van der Waals surface area (Å²) in [5.41, 5.74) is 1.27. The highest BCUT2D eigenvalue weighted by Crippen LogP contribution is 2.30. The number of piperidine rings is 1. The van der Waals surface area contributed by atoms with Gasteiger partial charge in [0.2, 0.25) is 0 Å². The number of ether oxygens (including phenoxy) is 1. The van der Waals surface area contributed by atoms with Crippen molar-refractivity contribution in [2.45, 2.75) is 31.9 Å².